The Bertz CT molecular complexity index is 397. The van der Waals surface area contributed by atoms with E-state index < -0.39 is 6.09 Å². The Kier molecular flexibility index (Phi) is 6.37. The van der Waals surface area contributed by atoms with Crippen molar-refractivity contribution in [3.63, 3.8) is 0 Å². The van der Waals surface area contributed by atoms with E-state index in [0.29, 0.717) is 13.0 Å². The minimum atomic E-state index is -0.453. The van der Waals surface area contributed by atoms with Crippen molar-refractivity contribution in [3.05, 3.63) is 35.9 Å². The maximum atomic E-state index is 11.7. The van der Waals surface area contributed by atoms with Crippen LogP contribution in [0.3, 0.4) is 0 Å². The van der Waals surface area contributed by atoms with E-state index in [0.717, 1.165) is 5.56 Å². The number of nitrogens with zero attached hydrogens (tertiary/aromatic N) is 1. The number of hydrogen-bond donors (Lipinski definition) is 1. The summed E-state index contributed by atoms with van der Waals surface area (Å²) in [6, 6.07) is 9.43. The van der Waals surface area contributed by atoms with E-state index in [1.807, 2.05) is 30.3 Å². The van der Waals surface area contributed by atoms with Gasteiger partial charge >= 0.3 is 6.09 Å². The fourth-order valence-electron chi connectivity index (χ4n) is 1.42. The second kappa shape index (κ2) is 8.15. The first-order valence-corrected chi connectivity index (χ1v) is 5.78. The van der Waals surface area contributed by atoms with E-state index in [1.165, 1.54) is 4.90 Å². The minimum absolute atomic E-state index is 0.0209. The first-order valence-electron chi connectivity index (χ1n) is 5.78. The lowest BCUT2D eigenvalue weighted by Crippen LogP contribution is -2.33. The summed E-state index contributed by atoms with van der Waals surface area (Å²) in [5.41, 5.74) is 0.925. The molecular weight excluding hydrogens is 230 g/mol. The number of amides is 1. The van der Waals surface area contributed by atoms with Crippen LogP contribution in [0.5, 0.6) is 0 Å². The highest BCUT2D eigenvalue weighted by atomic mass is 16.6. The zero-order chi connectivity index (χ0) is 13.2. The van der Waals surface area contributed by atoms with Crippen LogP contribution >= 0.6 is 0 Å². The number of benzene rings is 1. The Balaban J connectivity index is 2.44. The SMILES string of the molecule is C#CCN(CCCO)C(=O)OCc1ccccc1. The average Bonchev–Trinajstić information content (AvgIpc) is 2.42. The monoisotopic (exact) mass is 247 g/mol. The molecule has 0 saturated heterocycles. The number of aliphatic hydroxyl groups excluding tert-OH is 1. The van der Waals surface area contributed by atoms with Gasteiger partial charge in [0, 0.05) is 13.2 Å². The smallest absolute Gasteiger partial charge is 0.410 e. The van der Waals surface area contributed by atoms with Crippen LogP contribution in [0.15, 0.2) is 30.3 Å². The van der Waals surface area contributed by atoms with Crippen LogP contribution in [0.2, 0.25) is 0 Å². The summed E-state index contributed by atoms with van der Waals surface area (Å²) in [6.07, 6.45) is 5.22. The molecule has 1 rings (SSSR count). The molecule has 0 aliphatic carbocycles. The van der Waals surface area contributed by atoms with Gasteiger partial charge in [0.1, 0.15) is 6.61 Å². The third-order valence-electron chi connectivity index (χ3n) is 2.33. The number of carbonyl (C=O) groups excluding carboxylic acids is 1. The molecule has 0 radical (unpaired) electrons. The van der Waals surface area contributed by atoms with Crippen LogP contribution in [0.4, 0.5) is 4.79 Å². The third kappa shape index (κ3) is 4.89. The average molecular weight is 247 g/mol. The molecule has 0 unspecified atom stereocenters. The van der Waals surface area contributed by atoms with Gasteiger partial charge in [-0.25, -0.2) is 4.79 Å². The lowest BCUT2D eigenvalue weighted by Gasteiger charge is -2.19. The summed E-state index contributed by atoms with van der Waals surface area (Å²) in [6.45, 7) is 0.828. The molecule has 4 nitrogen and oxygen atoms in total. The van der Waals surface area contributed by atoms with Crippen LogP contribution in [0.25, 0.3) is 0 Å². The molecule has 1 amide bonds. The molecule has 0 aliphatic rings. The summed E-state index contributed by atoms with van der Waals surface area (Å²) in [5.74, 6) is 2.40. The van der Waals surface area contributed by atoms with Gasteiger partial charge in [0.2, 0.25) is 0 Å². The number of aliphatic hydroxyl groups is 1. The molecule has 0 atom stereocenters. The minimum Gasteiger partial charge on any atom is -0.445 e. The molecule has 1 aromatic rings. The van der Waals surface area contributed by atoms with E-state index in [2.05, 4.69) is 5.92 Å². The third-order valence-corrected chi connectivity index (χ3v) is 2.33. The molecule has 4 heteroatoms. The van der Waals surface area contributed by atoms with Crippen molar-refractivity contribution in [2.45, 2.75) is 13.0 Å². The Labute approximate surface area is 107 Å². The highest BCUT2D eigenvalue weighted by Gasteiger charge is 2.13. The standard InChI is InChI=1S/C14H17NO3/c1-2-9-15(10-6-11-16)14(17)18-12-13-7-4-3-5-8-13/h1,3-5,7-8,16H,6,9-12H2. The topological polar surface area (TPSA) is 49.8 Å². The summed E-state index contributed by atoms with van der Waals surface area (Å²) in [7, 11) is 0. The molecule has 0 fully saturated rings. The van der Waals surface area contributed by atoms with E-state index >= 15 is 0 Å². The predicted octanol–water partition coefficient (Wildman–Crippen LogP) is 1.64. The Morgan fingerprint density at radius 3 is 2.72 bits per heavy atom. The Morgan fingerprint density at radius 1 is 1.39 bits per heavy atom. The van der Waals surface area contributed by atoms with Crippen molar-refractivity contribution in [2.75, 3.05) is 19.7 Å². The number of hydrogen-bond acceptors (Lipinski definition) is 3. The molecule has 0 aromatic heterocycles. The van der Waals surface area contributed by atoms with Crippen LogP contribution in [0.1, 0.15) is 12.0 Å². The number of carbonyl (C=O) groups is 1. The molecule has 0 saturated carbocycles. The van der Waals surface area contributed by atoms with Gasteiger partial charge in [0.15, 0.2) is 0 Å². The van der Waals surface area contributed by atoms with E-state index in [1.54, 1.807) is 0 Å². The normalized spacial score (nSPS) is 9.56. The highest BCUT2D eigenvalue weighted by molar-refractivity contribution is 5.68. The first-order chi connectivity index (χ1) is 8.77. The van der Waals surface area contributed by atoms with E-state index in [9.17, 15) is 4.79 Å². The van der Waals surface area contributed by atoms with Crippen molar-refractivity contribution in [2.24, 2.45) is 0 Å². The lowest BCUT2D eigenvalue weighted by molar-refractivity contribution is 0.0983. The number of ether oxygens (including phenoxy) is 1. The van der Waals surface area contributed by atoms with Gasteiger partial charge in [-0.2, -0.15) is 0 Å². The number of terminal acetylenes is 1. The zero-order valence-electron chi connectivity index (χ0n) is 10.2. The maximum absolute atomic E-state index is 11.7. The first kappa shape index (κ1) is 14.1. The van der Waals surface area contributed by atoms with Gasteiger partial charge in [-0.05, 0) is 12.0 Å². The Morgan fingerprint density at radius 2 is 2.11 bits per heavy atom. The summed E-state index contributed by atoms with van der Waals surface area (Å²) < 4.78 is 5.15. The van der Waals surface area contributed by atoms with E-state index in [4.69, 9.17) is 16.3 Å². The van der Waals surface area contributed by atoms with Crippen molar-refractivity contribution >= 4 is 6.09 Å². The zero-order valence-corrected chi connectivity index (χ0v) is 10.2. The molecule has 1 aromatic carbocycles. The predicted molar refractivity (Wildman–Crippen MR) is 68.7 cm³/mol. The van der Waals surface area contributed by atoms with Crippen molar-refractivity contribution < 1.29 is 14.6 Å². The second-order valence-electron chi connectivity index (χ2n) is 3.74. The molecular formula is C14H17NO3. The molecule has 0 spiro atoms. The quantitative estimate of drug-likeness (QED) is 0.777. The van der Waals surface area contributed by atoms with Crippen LogP contribution < -0.4 is 0 Å². The van der Waals surface area contributed by atoms with Gasteiger partial charge in [-0.3, -0.25) is 4.90 Å². The summed E-state index contributed by atoms with van der Waals surface area (Å²) >= 11 is 0. The fourth-order valence-corrected chi connectivity index (χ4v) is 1.42. The fraction of sp³-hybridized carbons (Fsp3) is 0.357. The van der Waals surface area contributed by atoms with E-state index in [-0.39, 0.29) is 19.8 Å². The van der Waals surface area contributed by atoms with Crippen molar-refractivity contribution in [1.29, 1.82) is 0 Å². The van der Waals surface area contributed by atoms with Gasteiger partial charge in [-0.1, -0.05) is 36.3 Å². The lowest BCUT2D eigenvalue weighted by atomic mass is 10.2. The molecule has 0 aliphatic heterocycles. The number of rotatable bonds is 6. The highest BCUT2D eigenvalue weighted by Crippen LogP contribution is 2.03. The molecule has 0 heterocycles. The summed E-state index contributed by atoms with van der Waals surface area (Å²) in [4.78, 5) is 13.1. The van der Waals surface area contributed by atoms with Crippen LogP contribution in [0, 0.1) is 12.3 Å². The van der Waals surface area contributed by atoms with Gasteiger partial charge in [-0.15, -0.1) is 6.42 Å². The molecule has 96 valence electrons. The van der Waals surface area contributed by atoms with Crippen LogP contribution in [-0.2, 0) is 11.3 Å². The van der Waals surface area contributed by atoms with Gasteiger partial charge < -0.3 is 9.84 Å². The van der Waals surface area contributed by atoms with Crippen molar-refractivity contribution in [1.82, 2.24) is 4.90 Å². The molecule has 18 heavy (non-hydrogen) atoms. The van der Waals surface area contributed by atoms with Gasteiger partial charge in [0.25, 0.3) is 0 Å². The van der Waals surface area contributed by atoms with Crippen LogP contribution in [-0.4, -0.2) is 35.8 Å². The van der Waals surface area contributed by atoms with Crippen molar-refractivity contribution in [3.8, 4) is 12.3 Å². The second-order valence-corrected chi connectivity index (χ2v) is 3.74. The Hall–Kier alpha value is -1.99. The van der Waals surface area contributed by atoms with Gasteiger partial charge in [0.05, 0.1) is 6.54 Å². The summed E-state index contributed by atoms with van der Waals surface area (Å²) in [5, 5.41) is 8.74. The largest absolute Gasteiger partial charge is 0.445 e. The maximum Gasteiger partial charge on any atom is 0.410 e. The molecule has 1 N–H and O–H groups in total. The molecule has 0 bridgehead atoms.